The van der Waals surface area contributed by atoms with Gasteiger partial charge in [-0.3, -0.25) is 0 Å². The van der Waals surface area contributed by atoms with E-state index in [4.69, 9.17) is 11.6 Å². The summed E-state index contributed by atoms with van der Waals surface area (Å²) < 4.78 is 2.66. The highest BCUT2D eigenvalue weighted by Gasteiger charge is 2.06. The molecular formula is C18H11ClS. The Bertz CT molecular complexity index is 921. The van der Waals surface area contributed by atoms with E-state index in [1.807, 2.05) is 29.5 Å². The summed E-state index contributed by atoms with van der Waals surface area (Å²) in [6.07, 6.45) is 0. The third-order valence-electron chi connectivity index (χ3n) is 3.54. The average molecular weight is 295 g/mol. The highest BCUT2D eigenvalue weighted by atomic mass is 35.5. The maximum absolute atomic E-state index is 6.08. The maximum Gasteiger partial charge on any atom is 0.0412 e. The van der Waals surface area contributed by atoms with Crippen LogP contribution in [0.2, 0.25) is 5.02 Å². The summed E-state index contributed by atoms with van der Waals surface area (Å²) >= 11 is 7.92. The Hall–Kier alpha value is -1.83. The van der Waals surface area contributed by atoms with Crippen molar-refractivity contribution in [2.75, 3.05) is 0 Å². The molecule has 0 aliphatic heterocycles. The molecule has 0 atom stereocenters. The fourth-order valence-corrected chi connectivity index (χ4v) is 3.91. The Morgan fingerprint density at radius 1 is 0.650 bits per heavy atom. The van der Waals surface area contributed by atoms with Crippen LogP contribution in [-0.4, -0.2) is 0 Å². The predicted octanol–water partition coefficient (Wildman–Crippen LogP) is 6.37. The van der Waals surface area contributed by atoms with Gasteiger partial charge in [-0.1, -0.05) is 54.1 Å². The van der Waals surface area contributed by atoms with Crippen molar-refractivity contribution >= 4 is 43.1 Å². The molecule has 4 rings (SSSR count). The van der Waals surface area contributed by atoms with Gasteiger partial charge in [-0.25, -0.2) is 0 Å². The molecule has 0 amide bonds. The Kier molecular flexibility index (Phi) is 2.76. The van der Waals surface area contributed by atoms with Crippen LogP contribution in [-0.2, 0) is 0 Å². The Morgan fingerprint density at radius 3 is 2.35 bits per heavy atom. The highest BCUT2D eigenvalue weighted by molar-refractivity contribution is 7.25. The van der Waals surface area contributed by atoms with Crippen molar-refractivity contribution in [1.29, 1.82) is 0 Å². The maximum atomic E-state index is 6.08. The predicted molar refractivity (Wildman–Crippen MR) is 89.8 cm³/mol. The van der Waals surface area contributed by atoms with Gasteiger partial charge in [0, 0.05) is 25.2 Å². The molecule has 1 heterocycles. The molecule has 20 heavy (non-hydrogen) atoms. The molecule has 0 unspecified atom stereocenters. The molecule has 0 nitrogen and oxygen atoms in total. The zero-order valence-electron chi connectivity index (χ0n) is 10.6. The van der Waals surface area contributed by atoms with Crippen LogP contribution in [0, 0.1) is 0 Å². The minimum absolute atomic E-state index is 0.777. The second-order valence-electron chi connectivity index (χ2n) is 4.82. The minimum atomic E-state index is 0.777. The summed E-state index contributed by atoms with van der Waals surface area (Å²) in [6, 6.07) is 23.2. The highest BCUT2D eigenvalue weighted by Crippen LogP contribution is 2.36. The van der Waals surface area contributed by atoms with Crippen LogP contribution < -0.4 is 0 Å². The number of halogens is 1. The van der Waals surface area contributed by atoms with Gasteiger partial charge in [-0.2, -0.15) is 0 Å². The third kappa shape index (κ3) is 1.91. The first kappa shape index (κ1) is 12.0. The lowest BCUT2D eigenvalue weighted by atomic mass is 10.0. The summed E-state index contributed by atoms with van der Waals surface area (Å²) in [5.74, 6) is 0. The van der Waals surface area contributed by atoms with E-state index in [0.29, 0.717) is 0 Å². The second-order valence-corrected chi connectivity index (χ2v) is 6.34. The van der Waals surface area contributed by atoms with Crippen molar-refractivity contribution < 1.29 is 0 Å². The monoisotopic (exact) mass is 294 g/mol. The van der Waals surface area contributed by atoms with Gasteiger partial charge < -0.3 is 0 Å². The Morgan fingerprint density at radius 2 is 1.45 bits per heavy atom. The van der Waals surface area contributed by atoms with Gasteiger partial charge in [0.25, 0.3) is 0 Å². The van der Waals surface area contributed by atoms with E-state index >= 15 is 0 Å². The normalized spacial score (nSPS) is 11.2. The van der Waals surface area contributed by atoms with E-state index in [0.717, 1.165) is 10.6 Å². The Balaban J connectivity index is 1.97. The lowest BCUT2D eigenvalue weighted by Crippen LogP contribution is -1.77. The van der Waals surface area contributed by atoms with Crippen LogP contribution in [0.15, 0.2) is 66.7 Å². The quantitative estimate of drug-likeness (QED) is 0.382. The standard InChI is InChI=1S/C18H11ClS/c19-14-5-3-4-12(10-14)13-8-9-16-15-6-1-2-7-17(15)20-18(16)11-13/h1-11H. The van der Waals surface area contributed by atoms with Gasteiger partial charge in [-0.05, 0) is 35.4 Å². The first-order valence-electron chi connectivity index (χ1n) is 6.48. The number of thiophene rings is 1. The van der Waals surface area contributed by atoms with Crippen molar-refractivity contribution in [2.24, 2.45) is 0 Å². The van der Waals surface area contributed by atoms with Gasteiger partial charge in [0.15, 0.2) is 0 Å². The van der Waals surface area contributed by atoms with Gasteiger partial charge in [-0.15, -0.1) is 11.3 Å². The van der Waals surface area contributed by atoms with Crippen LogP contribution in [0.25, 0.3) is 31.3 Å². The molecule has 4 aromatic rings. The summed E-state index contributed by atoms with van der Waals surface area (Å²) in [5, 5.41) is 3.44. The van der Waals surface area contributed by atoms with E-state index in [1.165, 1.54) is 25.7 Å². The summed E-state index contributed by atoms with van der Waals surface area (Å²) in [4.78, 5) is 0. The van der Waals surface area contributed by atoms with Crippen LogP contribution in [0.1, 0.15) is 0 Å². The van der Waals surface area contributed by atoms with E-state index in [1.54, 1.807) is 0 Å². The lowest BCUT2D eigenvalue weighted by molar-refractivity contribution is 1.65. The number of hydrogen-bond donors (Lipinski definition) is 0. The first-order valence-corrected chi connectivity index (χ1v) is 7.68. The number of benzene rings is 3. The van der Waals surface area contributed by atoms with Crippen molar-refractivity contribution in [2.45, 2.75) is 0 Å². The fourth-order valence-electron chi connectivity index (χ4n) is 2.57. The van der Waals surface area contributed by atoms with Gasteiger partial charge >= 0.3 is 0 Å². The molecular weight excluding hydrogens is 284 g/mol. The SMILES string of the molecule is Clc1cccc(-c2ccc3c(c2)sc2ccccc23)c1. The molecule has 0 aliphatic rings. The molecule has 3 aromatic carbocycles. The van der Waals surface area contributed by atoms with Crippen LogP contribution in [0.5, 0.6) is 0 Å². The van der Waals surface area contributed by atoms with E-state index in [2.05, 4.69) is 48.5 Å². The molecule has 0 aliphatic carbocycles. The molecule has 96 valence electrons. The summed E-state index contributed by atoms with van der Waals surface area (Å²) in [6.45, 7) is 0. The van der Waals surface area contributed by atoms with E-state index in [9.17, 15) is 0 Å². The van der Waals surface area contributed by atoms with Crippen molar-refractivity contribution in [3.63, 3.8) is 0 Å². The molecule has 0 saturated heterocycles. The molecule has 0 spiro atoms. The van der Waals surface area contributed by atoms with Crippen molar-refractivity contribution in [3.8, 4) is 11.1 Å². The van der Waals surface area contributed by atoms with Gasteiger partial charge in [0.05, 0.1) is 0 Å². The van der Waals surface area contributed by atoms with Gasteiger partial charge in [0.1, 0.15) is 0 Å². The average Bonchev–Trinajstić information content (AvgIpc) is 2.85. The zero-order valence-corrected chi connectivity index (χ0v) is 12.2. The van der Waals surface area contributed by atoms with Crippen LogP contribution in [0.4, 0.5) is 0 Å². The number of hydrogen-bond acceptors (Lipinski definition) is 1. The zero-order chi connectivity index (χ0) is 13.5. The molecule has 0 bridgehead atoms. The molecule has 0 radical (unpaired) electrons. The Labute approximate surface area is 126 Å². The van der Waals surface area contributed by atoms with E-state index < -0.39 is 0 Å². The number of fused-ring (bicyclic) bond motifs is 3. The van der Waals surface area contributed by atoms with E-state index in [-0.39, 0.29) is 0 Å². The molecule has 1 aromatic heterocycles. The third-order valence-corrected chi connectivity index (χ3v) is 4.91. The van der Waals surface area contributed by atoms with Crippen molar-refractivity contribution in [3.05, 3.63) is 71.8 Å². The topological polar surface area (TPSA) is 0 Å². The largest absolute Gasteiger partial charge is 0.135 e. The molecule has 0 N–H and O–H groups in total. The fraction of sp³-hybridized carbons (Fsp3) is 0. The van der Waals surface area contributed by atoms with Crippen molar-refractivity contribution in [1.82, 2.24) is 0 Å². The minimum Gasteiger partial charge on any atom is -0.135 e. The molecule has 2 heteroatoms. The second kappa shape index (κ2) is 4.62. The van der Waals surface area contributed by atoms with Crippen LogP contribution >= 0.6 is 22.9 Å². The molecule has 0 fully saturated rings. The van der Waals surface area contributed by atoms with Crippen LogP contribution in [0.3, 0.4) is 0 Å². The summed E-state index contributed by atoms with van der Waals surface area (Å²) in [7, 11) is 0. The first-order chi connectivity index (χ1) is 9.81. The summed E-state index contributed by atoms with van der Waals surface area (Å²) in [5.41, 5.74) is 2.38. The lowest BCUT2D eigenvalue weighted by Gasteiger charge is -2.02. The van der Waals surface area contributed by atoms with Gasteiger partial charge in [0.2, 0.25) is 0 Å². The number of rotatable bonds is 1. The molecule has 0 saturated carbocycles. The smallest absolute Gasteiger partial charge is 0.0412 e.